The summed E-state index contributed by atoms with van der Waals surface area (Å²) in [5.74, 6) is -1.12. The normalized spacial score (nSPS) is 27.5. The smallest absolute Gasteiger partial charge is 0.375 e. The first-order valence-corrected chi connectivity index (χ1v) is 4.63. The standard InChI is InChI=1S/C10H8F4N2O2/c11-5-1-2-7-6(3-5)9(18,10(12,13)14)4-16(7)8(15)17/h1-3,18H,4H2,(H2,15,17)/i4D2. The van der Waals surface area contributed by atoms with Gasteiger partial charge in [0.1, 0.15) is 5.82 Å². The molecule has 1 heterocycles. The Morgan fingerprint density at radius 1 is 1.56 bits per heavy atom. The van der Waals surface area contributed by atoms with Crippen LogP contribution < -0.4 is 10.6 Å². The van der Waals surface area contributed by atoms with Crippen LogP contribution in [0.2, 0.25) is 0 Å². The Morgan fingerprint density at radius 2 is 2.17 bits per heavy atom. The van der Waals surface area contributed by atoms with Crippen molar-refractivity contribution in [2.75, 3.05) is 11.4 Å². The molecule has 18 heavy (non-hydrogen) atoms. The molecule has 1 unspecified atom stereocenters. The van der Waals surface area contributed by atoms with Crippen molar-refractivity contribution in [3.63, 3.8) is 0 Å². The van der Waals surface area contributed by atoms with E-state index >= 15 is 0 Å². The van der Waals surface area contributed by atoms with Gasteiger partial charge in [-0.15, -0.1) is 0 Å². The number of amides is 2. The second-order valence-electron chi connectivity index (χ2n) is 3.66. The van der Waals surface area contributed by atoms with Crippen molar-refractivity contribution in [2.45, 2.75) is 11.8 Å². The molecule has 0 fully saturated rings. The van der Waals surface area contributed by atoms with Gasteiger partial charge in [-0.3, -0.25) is 4.90 Å². The SMILES string of the molecule is [2H]C1([2H])N(C(N)=O)c2ccc(F)cc2C1(O)C(F)(F)F. The Balaban J connectivity index is 2.84. The molecule has 0 saturated heterocycles. The highest BCUT2D eigenvalue weighted by Crippen LogP contribution is 2.48. The fourth-order valence-electron chi connectivity index (χ4n) is 1.67. The van der Waals surface area contributed by atoms with Gasteiger partial charge in [0.05, 0.1) is 14.9 Å². The molecule has 1 aromatic rings. The van der Waals surface area contributed by atoms with E-state index in [2.05, 4.69) is 0 Å². The highest BCUT2D eigenvalue weighted by molar-refractivity contribution is 5.93. The molecule has 2 amide bonds. The van der Waals surface area contributed by atoms with Crippen molar-refractivity contribution in [3.8, 4) is 0 Å². The zero-order valence-electron chi connectivity index (χ0n) is 10.6. The van der Waals surface area contributed by atoms with Crippen LogP contribution in [0.3, 0.4) is 0 Å². The van der Waals surface area contributed by atoms with E-state index < -0.39 is 41.4 Å². The molecule has 98 valence electrons. The number of nitrogens with zero attached hydrogens (tertiary/aromatic N) is 1. The largest absolute Gasteiger partial charge is 0.423 e. The quantitative estimate of drug-likeness (QED) is 0.698. The fraction of sp³-hybridized carbons (Fsp3) is 0.300. The highest BCUT2D eigenvalue weighted by atomic mass is 19.4. The van der Waals surface area contributed by atoms with Crippen LogP contribution in [0.1, 0.15) is 8.30 Å². The molecule has 0 spiro atoms. The predicted molar refractivity (Wildman–Crippen MR) is 53.3 cm³/mol. The molecule has 3 N–H and O–H groups in total. The molecule has 0 saturated carbocycles. The number of aliphatic hydroxyl groups is 1. The topological polar surface area (TPSA) is 66.6 Å². The Labute approximate surface area is 101 Å². The lowest BCUT2D eigenvalue weighted by atomic mass is 9.95. The van der Waals surface area contributed by atoms with Crippen LogP contribution in [0, 0.1) is 5.82 Å². The van der Waals surface area contributed by atoms with Gasteiger partial charge in [0, 0.05) is 5.56 Å². The first-order valence-electron chi connectivity index (χ1n) is 5.63. The molecule has 0 aromatic heterocycles. The fourth-order valence-corrected chi connectivity index (χ4v) is 1.67. The monoisotopic (exact) mass is 266 g/mol. The zero-order chi connectivity index (χ0) is 15.5. The third kappa shape index (κ3) is 1.60. The summed E-state index contributed by atoms with van der Waals surface area (Å²) in [5, 5.41) is 9.84. The van der Waals surface area contributed by atoms with E-state index in [1.54, 1.807) is 0 Å². The number of anilines is 1. The Hall–Kier alpha value is -1.83. The summed E-state index contributed by atoms with van der Waals surface area (Å²) in [4.78, 5) is 11.2. The van der Waals surface area contributed by atoms with Gasteiger partial charge in [0.15, 0.2) is 0 Å². The second kappa shape index (κ2) is 3.58. The van der Waals surface area contributed by atoms with E-state index in [0.29, 0.717) is 6.07 Å². The number of carbonyl (C=O) groups is 1. The lowest BCUT2D eigenvalue weighted by Crippen LogP contribution is -2.48. The molecule has 1 atom stereocenters. The van der Waals surface area contributed by atoms with E-state index in [0.717, 1.165) is 12.1 Å². The van der Waals surface area contributed by atoms with Crippen LogP contribution in [0.4, 0.5) is 28.0 Å². The van der Waals surface area contributed by atoms with Gasteiger partial charge in [-0.05, 0) is 18.2 Å². The van der Waals surface area contributed by atoms with E-state index in [4.69, 9.17) is 8.48 Å². The molecule has 8 heteroatoms. The summed E-state index contributed by atoms with van der Waals surface area (Å²) >= 11 is 0. The Morgan fingerprint density at radius 3 is 2.67 bits per heavy atom. The minimum atomic E-state index is -5.48. The number of hydrogen-bond acceptors (Lipinski definition) is 2. The molecule has 0 radical (unpaired) electrons. The van der Waals surface area contributed by atoms with Crippen LogP contribution in [-0.2, 0) is 5.60 Å². The van der Waals surface area contributed by atoms with Crippen molar-refractivity contribution >= 4 is 11.7 Å². The van der Waals surface area contributed by atoms with Crippen molar-refractivity contribution in [3.05, 3.63) is 29.6 Å². The summed E-state index contributed by atoms with van der Waals surface area (Å²) in [6.45, 7) is -3.60. The first kappa shape index (κ1) is 10.1. The molecule has 4 nitrogen and oxygen atoms in total. The number of benzene rings is 1. The maximum atomic E-state index is 13.1. The number of alkyl halides is 3. The molecule has 2 rings (SSSR count). The van der Waals surface area contributed by atoms with Gasteiger partial charge < -0.3 is 10.8 Å². The van der Waals surface area contributed by atoms with Gasteiger partial charge in [-0.1, -0.05) is 0 Å². The van der Waals surface area contributed by atoms with Crippen LogP contribution >= 0.6 is 0 Å². The Kier molecular flexibility index (Phi) is 2.01. The van der Waals surface area contributed by atoms with Gasteiger partial charge in [0.25, 0.3) is 0 Å². The molecule has 1 aliphatic rings. The Bertz CT molecular complexity index is 593. The molecular weight excluding hydrogens is 256 g/mol. The molecule has 1 aromatic carbocycles. The summed E-state index contributed by atoms with van der Waals surface area (Å²) in [7, 11) is 0. The van der Waals surface area contributed by atoms with Gasteiger partial charge in [0.2, 0.25) is 5.60 Å². The minimum absolute atomic E-state index is 0.0464. The lowest BCUT2D eigenvalue weighted by Gasteiger charge is -2.26. The average molecular weight is 266 g/mol. The number of primary amides is 1. The highest BCUT2D eigenvalue weighted by Gasteiger charge is 2.61. The molecule has 0 aliphatic carbocycles. The van der Waals surface area contributed by atoms with Crippen LogP contribution in [-0.4, -0.2) is 23.8 Å². The minimum Gasteiger partial charge on any atom is -0.375 e. The number of carbonyl (C=O) groups excluding carboxylic acids is 1. The number of halogens is 4. The van der Waals surface area contributed by atoms with Crippen molar-refractivity contribution < 1.29 is 30.2 Å². The lowest BCUT2D eigenvalue weighted by molar-refractivity contribution is -0.258. The van der Waals surface area contributed by atoms with E-state index in [1.807, 2.05) is 0 Å². The van der Waals surface area contributed by atoms with Crippen molar-refractivity contribution in [1.29, 1.82) is 0 Å². The summed E-state index contributed by atoms with van der Waals surface area (Å²) in [5.41, 5.74) is -0.950. The van der Waals surface area contributed by atoms with Crippen LogP contribution in [0.15, 0.2) is 18.2 Å². The summed E-state index contributed by atoms with van der Waals surface area (Å²) in [6, 6.07) is 0.260. The van der Waals surface area contributed by atoms with E-state index in [-0.39, 0.29) is 4.90 Å². The number of β-amino-alcohol motifs (C(OH)–C–C–N with tert-alkyl or cyclic N) is 1. The maximum absolute atomic E-state index is 13.1. The van der Waals surface area contributed by atoms with E-state index in [1.165, 1.54) is 0 Å². The van der Waals surface area contributed by atoms with Crippen molar-refractivity contribution in [1.82, 2.24) is 0 Å². The molecule has 1 aliphatic heterocycles. The number of fused-ring (bicyclic) bond motifs is 1. The maximum Gasteiger partial charge on any atom is 0.423 e. The number of hydrogen-bond donors (Lipinski definition) is 2. The summed E-state index contributed by atoms with van der Waals surface area (Å²) < 4.78 is 67.3. The predicted octanol–water partition coefficient (Wildman–Crippen LogP) is 1.47. The van der Waals surface area contributed by atoms with Crippen LogP contribution in [0.5, 0.6) is 0 Å². The number of urea groups is 1. The number of rotatable bonds is 0. The van der Waals surface area contributed by atoms with Gasteiger partial charge in [-0.25, -0.2) is 9.18 Å². The third-order valence-corrected chi connectivity index (χ3v) is 2.49. The second-order valence-corrected chi connectivity index (χ2v) is 3.66. The first-order chi connectivity index (χ1) is 8.94. The molecular formula is C10H8F4N2O2. The van der Waals surface area contributed by atoms with E-state index in [9.17, 15) is 27.5 Å². The van der Waals surface area contributed by atoms with Gasteiger partial charge >= 0.3 is 12.2 Å². The summed E-state index contributed by atoms with van der Waals surface area (Å²) in [6.07, 6.45) is -5.48. The average Bonchev–Trinajstić information content (AvgIpc) is 2.44. The van der Waals surface area contributed by atoms with Crippen LogP contribution in [0.25, 0.3) is 0 Å². The van der Waals surface area contributed by atoms with Gasteiger partial charge in [-0.2, -0.15) is 13.2 Å². The molecule has 0 bridgehead atoms. The zero-order valence-corrected chi connectivity index (χ0v) is 8.62. The third-order valence-electron chi connectivity index (χ3n) is 2.49. The van der Waals surface area contributed by atoms with Crippen molar-refractivity contribution in [2.24, 2.45) is 5.73 Å². The number of nitrogens with two attached hydrogens (primary N) is 1.